The summed E-state index contributed by atoms with van der Waals surface area (Å²) in [5.41, 5.74) is 7.38. The van der Waals surface area contributed by atoms with E-state index < -0.39 is 11.4 Å². The first-order valence-electron chi connectivity index (χ1n) is 13.5. The quantitative estimate of drug-likeness (QED) is 0.248. The Morgan fingerprint density at radius 1 is 1.15 bits per heavy atom. The number of H-pyrrole nitrogens is 1. The van der Waals surface area contributed by atoms with Crippen LogP contribution in [0.15, 0.2) is 41.6 Å². The van der Waals surface area contributed by atoms with Crippen molar-refractivity contribution in [1.29, 1.82) is 0 Å². The Morgan fingerprint density at radius 3 is 2.73 bits per heavy atom. The van der Waals surface area contributed by atoms with Gasteiger partial charge >= 0.3 is 5.97 Å². The lowest BCUT2D eigenvalue weighted by Crippen LogP contribution is -2.35. The number of hydrogen-bond acceptors (Lipinski definition) is 8. The largest absolute Gasteiger partial charge is 0.477 e. The van der Waals surface area contributed by atoms with Crippen LogP contribution < -0.4 is 21.1 Å². The predicted octanol–water partition coefficient (Wildman–Crippen LogP) is 3.80. The highest BCUT2D eigenvalue weighted by atomic mass is 35.5. The van der Waals surface area contributed by atoms with Crippen LogP contribution in [0.3, 0.4) is 0 Å². The van der Waals surface area contributed by atoms with Gasteiger partial charge in [0.05, 0.1) is 27.7 Å². The molecule has 12 heteroatoms. The Bertz CT molecular complexity index is 1950. The molecule has 4 N–H and O–H groups in total. The van der Waals surface area contributed by atoms with Crippen molar-refractivity contribution in [1.82, 2.24) is 24.5 Å². The summed E-state index contributed by atoms with van der Waals surface area (Å²) in [6.07, 6.45) is 5.88. The summed E-state index contributed by atoms with van der Waals surface area (Å²) in [7, 11) is 5.66. The number of aromatic carboxylic acids is 1. The van der Waals surface area contributed by atoms with Crippen LogP contribution in [0.2, 0.25) is 5.02 Å². The van der Waals surface area contributed by atoms with Gasteiger partial charge in [-0.15, -0.1) is 0 Å². The molecule has 0 saturated carbocycles. The number of likely N-dealkylation sites (tertiary alicyclic amines) is 1. The number of likely N-dealkylation sites (N-methyl/N-ethyl adjacent to an activating group) is 1. The fourth-order valence-electron chi connectivity index (χ4n) is 6.75. The van der Waals surface area contributed by atoms with Crippen LogP contribution >= 0.6 is 11.6 Å². The smallest absolute Gasteiger partial charge is 0.341 e. The summed E-state index contributed by atoms with van der Waals surface area (Å²) in [5.74, 6) is -0.743. The fraction of sp³-hybridized carbons (Fsp3) is 0.310. The number of anilines is 2. The Hall–Kier alpha value is -4.35. The van der Waals surface area contributed by atoms with Crippen molar-refractivity contribution in [2.75, 3.05) is 56.4 Å². The summed E-state index contributed by atoms with van der Waals surface area (Å²) in [4.78, 5) is 43.0. The average Bonchev–Trinajstić information content (AvgIpc) is 3.64. The van der Waals surface area contributed by atoms with Crippen molar-refractivity contribution in [2.45, 2.75) is 12.5 Å². The zero-order valence-electron chi connectivity index (χ0n) is 22.8. The number of halogens is 1. The molecule has 2 fully saturated rings. The molecule has 5 aromatic rings. The Morgan fingerprint density at radius 2 is 1.98 bits per heavy atom. The van der Waals surface area contributed by atoms with Crippen LogP contribution in [0.1, 0.15) is 16.8 Å². The third-order valence-electron chi connectivity index (χ3n) is 8.58. The van der Waals surface area contributed by atoms with E-state index in [1.807, 2.05) is 25.4 Å². The van der Waals surface area contributed by atoms with Crippen molar-refractivity contribution in [2.24, 2.45) is 5.92 Å². The van der Waals surface area contributed by atoms with Gasteiger partial charge < -0.3 is 30.6 Å². The van der Waals surface area contributed by atoms with Gasteiger partial charge in [0.15, 0.2) is 5.65 Å². The molecule has 0 amide bonds. The fourth-order valence-corrected chi connectivity index (χ4v) is 6.96. The van der Waals surface area contributed by atoms with Crippen LogP contribution in [0, 0.1) is 5.92 Å². The molecule has 6 heterocycles. The monoisotopic (exact) mass is 572 g/mol. The number of carboxylic acids is 1. The highest BCUT2D eigenvalue weighted by Crippen LogP contribution is 2.46. The van der Waals surface area contributed by atoms with Crippen molar-refractivity contribution >= 4 is 61.9 Å². The highest BCUT2D eigenvalue weighted by molar-refractivity contribution is 6.33. The van der Waals surface area contributed by atoms with E-state index >= 15 is 0 Å². The van der Waals surface area contributed by atoms with Gasteiger partial charge in [-0.3, -0.25) is 4.79 Å². The summed E-state index contributed by atoms with van der Waals surface area (Å²) in [6, 6.07) is 5.90. The molecule has 1 unspecified atom stereocenters. The molecule has 1 aromatic carbocycles. The van der Waals surface area contributed by atoms with Gasteiger partial charge in [0.1, 0.15) is 11.2 Å². The second-order valence-electron chi connectivity index (χ2n) is 10.9. The Labute approximate surface area is 239 Å². The number of benzene rings is 1. The standard InChI is InChI=1S/C29H29ClN8O3/c1-31-21-8-16(30)7-17-23-25(37-5-4-14-11-36(3)13-22(14)37)19(10-33-27(23)35-24(17)21)15-6-18-26(39)20(29(40)41)12-38(32-2)28(18)34-9-15/h6-10,12,14,22,31-32H,4-5,11,13H2,1-3H3,(H,33,35)(H,40,41)/t14?,22-/m1/s1. The van der Waals surface area contributed by atoms with Gasteiger partial charge in [-0.25, -0.2) is 19.4 Å². The number of aromatic amines is 1. The summed E-state index contributed by atoms with van der Waals surface area (Å²) in [5, 5.41) is 15.7. The first kappa shape index (κ1) is 25.6. The number of nitrogens with one attached hydrogen (secondary N) is 3. The molecular weight excluding hydrogens is 544 g/mol. The van der Waals surface area contributed by atoms with Gasteiger partial charge in [-0.1, -0.05) is 11.6 Å². The van der Waals surface area contributed by atoms with Crippen molar-refractivity contribution in [3.8, 4) is 11.1 Å². The van der Waals surface area contributed by atoms with Crippen molar-refractivity contribution in [3.63, 3.8) is 0 Å². The number of fused-ring (bicyclic) bond motifs is 5. The third-order valence-corrected chi connectivity index (χ3v) is 8.80. The normalized spacial score (nSPS) is 19.0. The van der Waals surface area contributed by atoms with Crippen LogP contribution in [-0.2, 0) is 0 Å². The molecule has 210 valence electrons. The number of aromatic nitrogens is 4. The van der Waals surface area contributed by atoms with E-state index in [1.165, 1.54) is 10.9 Å². The second kappa shape index (κ2) is 9.35. The van der Waals surface area contributed by atoms with Gasteiger partial charge in [0, 0.05) is 79.9 Å². The topological polar surface area (TPSA) is 131 Å². The average molecular weight is 573 g/mol. The van der Waals surface area contributed by atoms with Crippen molar-refractivity contribution in [3.05, 3.63) is 57.6 Å². The van der Waals surface area contributed by atoms with Gasteiger partial charge in [0.2, 0.25) is 5.43 Å². The minimum absolute atomic E-state index is 0.210. The van der Waals surface area contributed by atoms with E-state index in [0.29, 0.717) is 28.2 Å². The molecule has 0 radical (unpaired) electrons. The van der Waals surface area contributed by atoms with E-state index in [9.17, 15) is 14.7 Å². The number of carbonyl (C=O) groups is 1. The molecule has 2 atom stereocenters. The number of nitrogens with zero attached hydrogens (tertiary/aromatic N) is 5. The van der Waals surface area contributed by atoms with E-state index in [2.05, 4.69) is 37.6 Å². The number of carboxylic acid groups (broad SMARTS) is 1. The van der Waals surface area contributed by atoms with Gasteiger partial charge in [-0.05, 0) is 37.6 Å². The first-order valence-corrected chi connectivity index (χ1v) is 13.9. The van der Waals surface area contributed by atoms with Crippen LogP contribution in [0.4, 0.5) is 11.4 Å². The molecule has 7 rings (SSSR count). The molecule has 11 nitrogen and oxygen atoms in total. The van der Waals surface area contributed by atoms with E-state index in [-0.39, 0.29) is 10.9 Å². The number of pyridine rings is 3. The van der Waals surface area contributed by atoms with Crippen LogP contribution in [-0.4, -0.2) is 82.4 Å². The molecule has 2 saturated heterocycles. The molecule has 4 aromatic heterocycles. The highest BCUT2D eigenvalue weighted by Gasteiger charge is 2.41. The molecule has 2 aliphatic rings. The molecule has 41 heavy (non-hydrogen) atoms. The number of hydrogen-bond donors (Lipinski definition) is 4. The SMILES string of the molecule is CNc1cc(Cl)cc2c1[nH]c1ncc(-c3cnc4c(c3)c(=O)c(C(=O)O)cn4NC)c(N3CCC4CN(C)C[C@H]43)c12. The zero-order valence-corrected chi connectivity index (χ0v) is 23.6. The van der Waals surface area contributed by atoms with E-state index in [4.69, 9.17) is 16.6 Å². The second-order valence-corrected chi connectivity index (χ2v) is 11.3. The minimum Gasteiger partial charge on any atom is -0.477 e. The molecular formula is C29H29ClN8O3. The minimum atomic E-state index is -1.29. The Kier molecular flexibility index (Phi) is 5.84. The van der Waals surface area contributed by atoms with Crippen LogP contribution in [0.5, 0.6) is 0 Å². The lowest BCUT2D eigenvalue weighted by Gasteiger charge is -2.29. The van der Waals surface area contributed by atoms with Gasteiger partial charge in [0.25, 0.3) is 0 Å². The zero-order chi connectivity index (χ0) is 28.6. The molecule has 0 bridgehead atoms. The number of rotatable bonds is 5. The summed E-state index contributed by atoms with van der Waals surface area (Å²) >= 11 is 6.59. The van der Waals surface area contributed by atoms with Crippen molar-refractivity contribution < 1.29 is 9.90 Å². The van der Waals surface area contributed by atoms with E-state index in [1.54, 1.807) is 19.3 Å². The van der Waals surface area contributed by atoms with Crippen LogP contribution in [0.25, 0.3) is 44.1 Å². The van der Waals surface area contributed by atoms with E-state index in [0.717, 1.165) is 64.9 Å². The van der Waals surface area contributed by atoms with Gasteiger partial charge in [-0.2, -0.15) is 0 Å². The maximum Gasteiger partial charge on any atom is 0.341 e. The lowest BCUT2D eigenvalue weighted by molar-refractivity contribution is 0.0695. The third kappa shape index (κ3) is 3.83. The maximum atomic E-state index is 13.3. The molecule has 0 spiro atoms. The molecule has 0 aliphatic carbocycles. The maximum absolute atomic E-state index is 13.3. The predicted molar refractivity (Wildman–Crippen MR) is 162 cm³/mol. The first-order chi connectivity index (χ1) is 19.8. The molecule has 2 aliphatic heterocycles. The lowest BCUT2D eigenvalue weighted by atomic mass is 10.00. The Balaban J connectivity index is 1.55. The summed E-state index contributed by atoms with van der Waals surface area (Å²) < 4.78 is 1.45. The summed E-state index contributed by atoms with van der Waals surface area (Å²) in [6.45, 7) is 2.88.